The summed E-state index contributed by atoms with van der Waals surface area (Å²) in [5.74, 6) is -0.570. The molecular formula is C21H26ClN3O3. The van der Waals surface area contributed by atoms with Crippen molar-refractivity contribution < 1.29 is 14.3 Å². The van der Waals surface area contributed by atoms with Gasteiger partial charge in [-0.25, -0.2) is 0 Å². The second-order valence-corrected chi connectivity index (χ2v) is 6.84. The molecule has 6 nitrogen and oxygen atoms in total. The van der Waals surface area contributed by atoms with Crippen LogP contribution in [0.3, 0.4) is 0 Å². The number of hydrogen-bond acceptors (Lipinski definition) is 4. The van der Waals surface area contributed by atoms with E-state index in [1.54, 1.807) is 6.08 Å². The first-order chi connectivity index (χ1) is 13.4. The third-order valence-electron chi connectivity index (χ3n) is 4.21. The number of aromatic nitrogens is 2. The lowest BCUT2D eigenvalue weighted by molar-refractivity contribution is -0.143. The van der Waals surface area contributed by atoms with E-state index >= 15 is 0 Å². The van der Waals surface area contributed by atoms with E-state index in [0.717, 1.165) is 28.9 Å². The molecule has 7 heteroatoms. The van der Waals surface area contributed by atoms with Gasteiger partial charge in [0.2, 0.25) is 5.91 Å². The molecule has 0 saturated carbocycles. The van der Waals surface area contributed by atoms with Gasteiger partial charge in [-0.2, -0.15) is 5.10 Å². The standard InChI is InChI=1S/C21H26ClN3O3/c1-4-13-28-21(27)11-12-23-20(26)10-9-18-15(2)24-25(16(18)3)14-17-7-5-6-8-19(17)22/h5-10H,4,11-14H2,1-3H3,(H,23,26). The summed E-state index contributed by atoms with van der Waals surface area (Å²) >= 11 is 6.23. The summed E-state index contributed by atoms with van der Waals surface area (Å²) in [5, 5.41) is 7.93. The van der Waals surface area contributed by atoms with E-state index in [1.807, 2.05) is 49.7 Å². The maximum Gasteiger partial charge on any atom is 0.307 e. The molecule has 0 radical (unpaired) electrons. The van der Waals surface area contributed by atoms with Gasteiger partial charge < -0.3 is 10.1 Å². The van der Waals surface area contributed by atoms with Gasteiger partial charge in [0.1, 0.15) is 0 Å². The van der Waals surface area contributed by atoms with Crippen molar-refractivity contribution in [1.82, 2.24) is 15.1 Å². The molecule has 28 heavy (non-hydrogen) atoms. The van der Waals surface area contributed by atoms with E-state index in [2.05, 4.69) is 10.4 Å². The lowest BCUT2D eigenvalue weighted by Crippen LogP contribution is -2.24. The fourth-order valence-corrected chi connectivity index (χ4v) is 2.88. The molecule has 0 fully saturated rings. The van der Waals surface area contributed by atoms with Crippen LogP contribution in [0.15, 0.2) is 30.3 Å². The summed E-state index contributed by atoms with van der Waals surface area (Å²) in [6.07, 6.45) is 4.14. The molecule has 0 unspecified atom stereocenters. The number of carbonyl (C=O) groups is 2. The van der Waals surface area contributed by atoms with E-state index in [4.69, 9.17) is 16.3 Å². The molecule has 0 aliphatic heterocycles. The average Bonchev–Trinajstić information content (AvgIpc) is 2.93. The number of esters is 1. The van der Waals surface area contributed by atoms with Gasteiger partial charge in [-0.1, -0.05) is 36.7 Å². The van der Waals surface area contributed by atoms with Crippen LogP contribution in [0.1, 0.15) is 42.3 Å². The zero-order chi connectivity index (χ0) is 20.5. The summed E-state index contributed by atoms with van der Waals surface area (Å²) in [6.45, 7) is 7.00. The van der Waals surface area contributed by atoms with Crippen LogP contribution in [0.25, 0.3) is 6.08 Å². The molecule has 1 heterocycles. The van der Waals surface area contributed by atoms with Gasteiger partial charge in [0, 0.05) is 28.9 Å². The first-order valence-corrected chi connectivity index (χ1v) is 9.69. The lowest BCUT2D eigenvalue weighted by Gasteiger charge is -2.06. The van der Waals surface area contributed by atoms with Crippen LogP contribution in [0.2, 0.25) is 5.02 Å². The first kappa shape index (κ1) is 21.7. The van der Waals surface area contributed by atoms with Gasteiger partial charge in [-0.15, -0.1) is 0 Å². The van der Waals surface area contributed by atoms with Gasteiger partial charge in [0.15, 0.2) is 0 Å². The van der Waals surface area contributed by atoms with Crippen LogP contribution < -0.4 is 5.32 Å². The number of benzene rings is 1. The molecule has 0 atom stereocenters. The summed E-state index contributed by atoms with van der Waals surface area (Å²) < 4.78 is 6.84. The maximum absolute atomic E-state index is 12.0. The van der Waals surface area contributed by atoms with E-state index in [9.17, 15) is 9.59 Å². The van der Waals surface area contributed by atoms with Crippen molar-refractivity contribution in [3.8, 4) is 0 Å². The van der Waals surface area contributed by atoms with Crippen LogP contribution >= 0.6 is 11.6 Å². The second kappa shape index (κ2) is 10.7. The fraction of sp³-hybridized carbons (Fsp3) is 0.381. The van der Waals surface area contributed by atoms with Crippen molar-refractivity contribution >= 4 is 29.6 Å². The van der Waals surface area contributed by atoms with Crippen molar-refractivity contribution in [2.24, 2.45) is 0 Å². The van der Waals surface area contributed by atoms with Crippen LogP contribution in [0, 0.1) is 13.8 Å². The highest BCUT2D eigenvalue weighted by Gasteiger charge is 2.11. The SMILES string of the molecule is CCCOC(=O)CCNC(=O)C=Cc1c(C)nn(Cc2ccccc2Cl)c1C. The molecule has 1 amide bonds. The maximum atomic E-state index is 12.0. The number of ether oxygens (including phenoxy) is 1. The van der Waals surface area contributed by atoms with Gasteiger partial charge in [-0.3, -0.25) is 14.3 Å². The van der Waals surface area contributed by atoms with Crippen molar-refractivity contribution in [2.75, 3.05) is 13.2 Å². The molecule has 0 saturated heterocycles. The van der Waals surface area contributed by atoms with Crippen LogP contribution in [-0.2, 0) is 20.9 Å². The number of aryl methyl sites for hydroxylation is 1. The minimum atomic E-state index is -0.307. The molecule has 2 aromatic rings. The number of amides is 1. The molecule has 1 aromatic carbocycles. The summed E-state index contributed by atoms with van der Waals surface area (Å²) in [6, 6.07) is 7.65. The third kappa shape index (κ3) is 6.23. The summed E-state index contributed by atoms with van der Waals surface area (Å²) in [4.78, 5) is 23.4. The number of nitrogens with one attached hydrogen (secondary N) is 1. The Kier molecular flexibility index (Phi) is 8.26. The Morgan fingerprint density at radius 1 is 1.29 bits per heavy atom. The van der Waals surface area contributed by atoms with E-state index in [-0.39, 0.29) is 24.8 Å². The summed E-state index contributed by atoms with van der Waals surface area (Å²) in [7, 11) is 0. The topological polar surface area (TPSA) is 73.2 Å². The van der Waals surface area contributed by atoms with Crippen LogP contribution in [0.5, 0.6) is 0 Å². The number of carbonyl (C=O) groups excluding carboxylic acids is 2. The number of rotatable bonds is 9. The van der Waals surface area contributed by atoms with Crippen molar-refractivity contribution in [3.05, 3.63) is 57.9 Å². The van der Waals surface area contributed by atoms with Crippen molar-refractivity contribution in [3.63, 3.8) is 0 Å². The Morgan fingerprint density at radius 2 is 2.04 bits per heavy atom. The minimum absolute atomic E-state index is 0.160. The highest BCUT2D eigenvalue weighted by molar-refractivity contribution is 6.31. The smallest absolute Gasteiger partial charge is 0.307 e. The van der Waals surface area contributed by atoms with Gasteiger partial charge in [0.25, 0.3) is 0 Å². The van der Waals surface area contributed by atoms with Crippen LogP contribution in [0.4, 0.5) is 0 Å². The number of halogens is 1. The molecule has 0 aliphatic rings. The fourth-order valence-electron chi connectivity index (χ4n) is 2.69. The van der Waals surface area contributed by atoms with Crippen LogP contribution in [-0.4, -0.2) is 34.8 Å². The minimum Gasteiger partial charge on any atom is -0.466 e. The molecule has 2 rings (SSSR count). The molecule has 1 aromatic heterocycles. The zero-order valence-corrected chi connectivity index (χ0v) is 17.3. The van der Waals surface area contributed by atoms with Crippen molar-refractivity contribution in [2.45, 2.75) is 40.2 Å². The van der Waals surface area contributed by atoms with Gasteiger partial charge in [-0.05, 0) is 38.0 Å². The van der Waals surface area contributed by atoms with Gasteiger partial charge in [0.05, 0.1) is 25.3 Å². The van der Waals surface area contributed by atoms with Crippen molar-refractivity contribution in [1.29, 1.82) is 0 Å². The quantitative estimate of drug-likeness (QED) is 0.512. The Morgan fingerprint density at radius 3 is 2.75 bits per heavy atom. The largest absolute Gasteiger partial charge is 0.466 e. The van der Waals surface area contributed by atoms with E-state index in [0.29, 0.717) is 18.2 Å². The number of nitrogens with zero attached hydrogens (tertiary/aromatic N) is 2. The van der Waals surface area contributed by atoms with E-state index in [1.165, 1.54) is 6.08 Å². The van der Waals surface area contributed by atoms with E-state index < -0.39 is 0 Å². The Hall–Kier alpha value is -2.60. The second-order valence-electron chi connectivity index (χ2n) is 6.43. The molecule has 1 N–H and O–H groups in total. The predicted octanol–water partition coefficient (Wildman–Crippen LogP) is 3.67. The Balaban J connectivity index is 1.94. The summed E-state index contributed by atoms with van der Waals surface area (Å²) in [5.41, 5.74) is 3.66. The molecule has 0 bridgehead atoms. The third-order valence-corrected chi connectivity index (χ3v) is 4.58. The highest BCUT2D eigenvalue weighted by atomic mass is 35.5. The first-order valence-electron chi connectivity index (χ1n) is 9.31. The molecule has 0 spiro atoms. The van der Waals surface area contributed by atoms with Gasteiger partial charge >= 0.3 is 5.97 Å². The predicted molar refractivity (Wildman–Crippen MR) is 110 cm³/mol. The Labute approximate surface area is 170 Å². The molecule has 150 valence electrons. The average molecular weight is 404 g/mol. The number of hydrogen-bond donors (Lipinski definition) is 1. The normalized spacial score (nSPS) is 11.0. The monoisotopic (exact) mass is 403 g/mol. The molecular weight excluding hydrogens is 378 g/mol. The lowest BCUT2D eigenvalue weighted by atomic mass is 10.1. The highest BCUT2D eigenvalue weighted by Crippen LogP contribution is 2.20. The molecule has 0 aliphatic carbocycles. The zero-order valence-electron chi connectivity index (χ0n) is 16.5. The Bertz CT molecular complexity index is 859.